The van der Waals surface area contributed by atoms with E-state index in [1.165, 1.54) is 7.11 Å². The molecule has 0 unspecified atom stereocenters. The van der Waals surface area contributed by atoms with Crippen molar-refractivity contribution in [2.45, 2.75) is 26.7 Å². The minimum atomic E-state index is -0.283. The quantitative estimate of drug-likeness (QED) is 0.743. The fourth-order valence-electron chi connectivity index (χ4n) is 1.37. The molecule has 0 radical (unpaired) electrons. The molecule has 0 N–H and O–H groups in total. The van der Waals surface area contributed by atoms with Gasteiger partial charge in [0.2, 0.25) is 0 Å². The Hall–Kier alpha value is -1.65. The highest BCUT2D eigenvalue weighted by Gasteiger charge is 2.12. The molecule has 1 aromatic heterocycles. The maximum absolute atomic E-state index is 11.2. The normalized spacial score (nSPS) is 10.5. The molecule has 0 spiro atoms. The third kappa shape index (κ3) is 3.69. The van der Waals surface area contributed by atoms with Crippen LogP contribution in [0.2, 0.25) is 0 Å². The van der Waals surface area contributed by atoms with E-state index in [1.807, 2.05) is 33.9 Å². The van der Waals surface area contributed by atoms with E-state index in [0.29, 0.717) is 0 Å². The second-order valence-electron chi connectivity index (χ2n) is 4.31. The summed E-state index contributed by atoms with van der Waals surface area (Å²) in [6.45, 7) is 6.19. The van der Waals surface area contributed by atoms with Gasteiger partial charge in [-0.25, -0.2) is 9.97 Å². The van der Waals surface area contributed by atoms with Gasteiger partial charge >= 0.3 is 5.97 Å². The minimum Gasteiger partial charge on any atom is -0.468 e. The first-order valence-electron chi connectivity index (χ1n) is 5.57. The molecular weight excluding hydrogens is 218 g/mol. The van der Waals surface area contributed by atoms with Crippen LogP contribution in [0.1, 0.15) is 31.3 Å². The Morgan fingerprint density at radius 3 is 2.65 bits per heavy atom. The van der Waals surface area contributed by atoms with Crippen molar-refractivity contribution in [1.82, 2.24) is 9.97 Å². The summed E-state index contributed by atoms with van der Waals surface area (Å²) in [5, 5.41) is 0. The maximum Gasteiger partial charge on any atom is 0.325 e. The van der Waals surface area contributed by atoms with E-state index >= 15 is 0 Å². The van der Waals surface area contributed by atoms with Crippen LogP contribution in [-0.2, 0) is 9.53 Å². The van der Waals surface area contributed by atoms with E-state index in [9.17, 15) is 4.79 Å². The molecule has 0 saturated carbocycles. The van der Waals surface area contributed by atoms with E-state index in [1.54, 1.807) is 4.90 Å². The fourth-order valence-corrected chi connectivity index (χ4v) is 1.37. The summed E-state index contributed by atoms with van der Waals surface area (Å²) >= 11 is 0. The smallest absolute Gasteiger partial charge is 0.325 e. The van der Waals surface area contributed by atoms with Crippen molar-refractivity contribution in [3.05, 3.63) is 17.6 Å². The summed E-state index contributed by atoms with van der Waals surface area (Å²) in [5.41, 5.74) is 0.899. The predicted octanol–water partition coefficient (Wildman–Crippen LogP) is 1.52. The standard InChI is InChI=1S/C12H19N3O2/c1-8(2)12-13-9(3)6-10(14-12)15(4)7-11(16)17-5/h6,8H,7H2,1-5H3. The highest BCUT2D eigenvalue weighted by atomic mass is 16.5. The molecule has 0 atom stereocenters. The molecule has 0 bridgehead atoms. The molecule has 94 valence electrons. The number of carbonyl (C=O) groups is 1. The van der Waals surface area contributed by atoms with Crippen molar-refractivity contribution < 1.29 is 9.53 Å². The van der Waals surface area contributed by atoms with Crippen molar-refractivity contribution in [1.29, 1.82) is 0 Å². The van der Waals surface area contributed by atoms with Gasteiger partial charge in [0.15, 0.2) is 0 Å². The van der Waals surface area contributed by atoms with Crippen LogP contribution in [0.25, 0.3) is 0 Å². The molecule has 0 aromatic carbocycles. The Bertz CT molecular complexity index is 405. The second-order valence-corrected chi connectivity index (χ2v) is 4.31. The lowest BCUT2D eigenvalue weighted by molar-refractivity contribution is -0.138. The topological polar surface area (TPSA) is 55.3 Å². The number of carbonyl (C=O) groups excluding carboxylic acids is 1. The van der Waals surface area contributed by atoms with E-state index in [2.05, 4.69) is 14.7 Å². The molecule has 0 amide bonds. The molecule has 0 aliphatic carbocycles. The number of ether oxygens (including phenoxy) is 1. The molecule has 17 heavy (non-hydrogen) atoms. The number of rotatable bonds is 4. The first kappa shape index (κ1) is 13.4. The van der Waals surface area contributed by atoms with E-state index < -0.39 is 0 Å². The van der Waals surface area contributed by atoms with Crippen LogP contribution in [0.3, 0.4) is 0 Å². The molecule has 0 aliphatic rings. The largest absolute Gasteiger partial charge is 0.468 e. The van der Waals surface area contributed by atoms with E-state index in [0.717, 1.165) is 17.3 Å². The van der Waals surface area contributed by atoms with Crippen molar-refractivity contribution in [2.75, 3.05) is 25.6 Å². The molecule has 1 rings (SSSR count). The maximum atomic E-state index is 11.2. The first-order valence-corrected chi connectivity index (χ1v) is 5.57. The van der Waals surface area contributed by atoms with Gasteiger partial charge < -0.3 is 9.64 Å². The van der Waals surface area contributed by atoms with Crippen LogP contribution in [-0.4, -0.2) is 36.6 Å². The van der Waals surface area contributed by atoms with E-state index in [-0.39, 0.29) is 18.4 Å². The number of aryl methyl sites for hydroxylation is 1. The lowest BCUT2D eigenvalue weighted by Crippen LogP contribution is -2.27. The molecular formula is C12H19N3O2. The zero-order valence-electron chi connectivity index (χ0n) is 11.0. The molecule has 0 fully saturated rings. The third-order valence-electron chi connectivity index (χ3n) is 2.36. The third-order valence-corrected chi connectivity index (χ3v) is 2.36. The van der Waals surface area contributed by atoms with Gasteiger partial charge in [-0.2, -0.15) is 0 Å². The lowest BCUT2D eigenvalue weighted by atomic mass is 10.2. The highest BCUT2D eigenvalue weighted by molar-refractivity contribution is 5.74. The summed E-state index contributed by atoms with van der Waals surface area (Å²) in [5.74, 6) is 1.51. The Balaban J connectivity index is 2.93. The number of anilines is 1. The Kier molecular flexibility index (Phi) is 4.43. The molecule has 5 heteroatoms. The van der Waals surface area contributed by atoms with Gasteiger partial charge in [0.05, 0.1) is 7.11 Å². The summed E-state index contributed by atoms with van der Waals surface area (Å²) < 4.78 is 4.63. The second kappa shape index (κ2) is 5.61. The minimum absolute atomic E-state index is 0.185. The van der Waals surface area contributed by atoms with Crippen molar-refractivity contribution in [3.63, 3.8) is 0 Å². The van der Waals surface area contributed by atoms with Gasteiger partial charge in [-0.05, 0) is 6.92 Å². The Morgan fingerprint density at radius 1 is 1.47 bits per heavy atom. The summed E-state index contributed by atoms with van der Waals surface area (Å²) in [7, 11) is 3.18. The fraction of sp³-hybridized carbons (Fsp3) is 0.583. The van der Waals surface area contributed by atoms with Gasteiger partial charge in [0.1, 0.15) is 18.2 Å². The van der Waals surface area contributed by atoms with Gasteiger partial charge in [-0.3, -0.25) is 4.79 Å². The molecule has 1 aromatic rings. The SMILES string of the molecule is COC(=O)CN(C)c1cc(C)nc(C(C)C)n1. The Morgan fingerprint density at radius 2 is 2.12 bits per heavy atom. The van der Waals surface area contributed by atoms with Crippen LogP contribution in [0, 0.1) is 6.92 Å². The number of nitrogens with zero attached hydrogens (tertiary/aromatic N) is 3. The lowest BCUT2D eigenvalue weighted by Gasteiger charge is -2.18. The average molecular weight is 237 g/mol. The summed E-state index contributed by atoms with van der Waals surface area (Å²) in [6.07, 6.45) is 0. The van der Waals surface area contributed by atoms with Crippen LogP contribution in [0.5, 0.6) is 0 Å². The molecule has 5 nitrogen and oxygen atoms in total. The molecule has 1 heterocycles. The molecule has 0 aliphatic heterocycles. The van der Waals surface area contributed by atoms with Crippen LogP contribution in [0.4, 0.5) is 5.82 Å². The van der Waals surface area contributed by atoms with Crippen LogP contribution < -0.4 is 4.90 Å². The number of esters is 1. The number of hydrogen-bond acceptors (Lipinski definition) is 5. The van der Waals surface area contributed by atoms with Gasteiger partial charge in [0.25, 0.3) is 0 Å². The zero-order chi connectivity index (χ0) is 13.0. The first-order chi connectivity index (χ1) is 7.93. The van der Waals surface area contributed by atoms with Crippen molar-refractivity contribution in [3.8, 4) is 0 Å². The molecule has 0 saturated heterocycles. The van der Waals surface area contributed by atoms with Crippen molar-refractivity contribution in [2.24, 2.45) is 0 Å². The van der Waals surface area contributed by atoms with Gasteiger partial charge in [0, 0.05) is 24.7 Å². The van der Waals surface area contributed by atoms with Crippen LogP contribution >= 0.6 is 0 Å². The highest BCUT2D eigenvalue weighted by Crippen LogP contribution is 2.15. The van der Waals surface area contributed by atoms with Gasteiger partial charge in [-0.15, -0.1) is 0 Å². The number of hydrogen-bond donors (Lipinski definition) is 0. The zero-order valence-corrected chi connectivity index (χ0v) is 11.0. The van der Waals surface area contributed by atoms with Gasteiger partial charge in [-0.1, -0.05) is 13.8 Å². The monoisotopic (exact) mass is 237 g/mol. The number of likely N-dealkylation sites (N-methyl/N-ethyl adjacent to an activating group) is 1. The van der Waals surface area contributed by atoms with Crippen LogP contribution in [0.15, 0.2) is 6.07 Å². The summed E-state index contributed by atoms with van der Waals surface area (Å²) in [4.78, 5) is 21.7. The predicted molar refractivity (Wildman–Crippen MR) is 66.1 cm³/mol. The van der Waals surface area contributed by atoms with Crippen molar-refractivity contribution >= 4 is 11.8 Å². The number of methoxy groups -OCH3 is 1. The average Bonchev–Trinajstić information content (AvgIpc) is 2.27. The Labute approximate surface area is 102 Å². The summed E-state index contributed by atoms with van der Waals surface area (Å²) in [6, 6.07) is 1.86. The van der Waals surface area contributed by atoms with E-state index in [4.69, 9.17) is 0 Å². The number of aromatic nitrogens is 2.